The first-order valence-electron chi connectivity index (χ1n) is 27.0. The van der Waals surface area contributed by atoms with E-state index in [1.165, 1.54) is 0 Å². The molecule has 5 aliphatic rings. The SMILES string of the molecule is Cc1c(F)cc2nn(C(c3ccccc3)(c3ccccc3)c3ccccc3)cc2c1-c1c(C2CC2)cc2c(N3C[C@@H]4C[C@H]3CN4C(=O)OC(C)(C)C)nc(OCC34CCCN3CCC4)nc2c1OCc1ccccc1. The zero-order valence-corrected chi connectivity index (χ0v) is 43.3. The van der Waals surface area contributed by atoms with Crippen molar-refractivity contribution in [2.75, 3.05) is 37.7 Å². The van der Waals surface area contributed by atoms with Crippen molar-refractivity contribution in [3.63, 3.8) is 0 Å². The van der Waals surface area contributed by atoms with E-state index in [-0.39, 0.29) is 42.1 Å². The van der Waals surface area contributed by atoms with Crippen molar-refractivity contribution >= 4 is 33.7 Å². The monoisotopic (exact) mass is 1000 g/mol. The van der Waals surface area contributed by atoms with E-state index in [4.69, 9.17) is 29.3 Å². The lowest BCUT2D eigenvalue weighted by atomic mass is 9.77. The number of likely N-dealkylation sites (tertiary alicyclic amines) is 1. The predicted molar refractivity (Wildman–Crippen MR) is 291 cm³/mol. The summed E-state index contributed by atoms with van der Waals surface area (Å²) in [6.07, 6.45) is 9.02. The van der Waals surface area contributed by atoms with Crippen molar-refractivity contribution in [3.05, 3.63) is 179 Å². The Hall–Kier alpha value is -7.31. The number of aromatic nitrogens is 4. The van der Waals surface area contributed by atoms with Crippen molar-refractivity contribution in [3.8, 4) is 22.9 Å². The molecule has 12 heteroatoms. The molecule has 0 radical (unpaired) electrons. The molecule has 1 aliphatic carbocycles. The van der Waals surface area contributed by atoms with Gasteiger partial charge in [0, 0.05) is 47.3 Å². The standard InChI is InChI=1S/C63H64FN7O4/c1-41-52(64)35-53-51(38-71(67-53)63(44-21-11-6-12-22-44,45-23-13-7-14-24-45)46-25-15-8-16-26-46)54(41)55-49(43-27-28-43)34-50-56(57(55)73-39-42-19-9-5-10-20-42)65-59(74-40-62-29-17-31-68(62)32-18-30-62)66-58(50)69-36-48-33-47(69)37-70(48)60(72)75-61(2,3)4/h5-16,19-26,34-35,38,43,47-48H,17-18,27-33,36-37,39-40H2,1-4H3/t47-,48-/m0/s1. The normalized spacial score (nSPS) is 19.3. The van der Waals surface area contributed by atoms with Crippen LogP contribution in [-0.2, 0) is 16.9 Å². The van der Waals surface area contributed by atoms with Crippen molar-refractivity contribution < 1.29 is 23.4 Å². The van der Waals surface area contributed by atoms with E-state index >= 15 is 4.39 Å². The van der Waals surface area contributed by atoms with Gasteiger partial charge in [-0.1, -0.05) is 121 Å². The van der Waals surface area contributed by atoms with E-state index in [2.05, 4.69) is 107 Å². The van der Waals surface area contributed by atoms with Crippen molar-refractivity contribution in [2.24, 2.45) is 0 Å². The van der Waals surface area contributed by atoms with Gasteiger partial charge in [0.1, 0.15) is 41.5 Å². The van der Waals surface area contributed by atoms with Gasteiger partial charge in [-0.2, -0.15) is 15.1 Å². The second-order valence-electron chi connectivity index (χ2n) is 22.7. The number of halogens is 1. The van der Waals surface area contributed by atoms with Gasteiger partial charge in [-0.05, 0) is 131 Å². The fraction of sp³-hybridized carbons (Fsp3) is 0.365. The third kappa shape index (κ3) is 8.27. The van der Waals surface area contributed by atoms with Gasteiger partial charge in [0.25, 0.3) is 0 Å². The van der Waals surface area contributed by atoms with Gasteiger partial charge in [-0.15, -0.1) is 0 Å². The first kappa shape index (κ1) is 47.4. The molecule has 5 fully saturated rings. The van der Waals surface area contributed by atoms with Gasteiger partial charge >= 0.3 is 12.1 Å². The Bertz CT molecular complexity index is 3330. The molecule has 0 unspecified atom stereocenters. The summed E-state index contributed by atoms with van der Waals surface area (Å²) in [4.78, 5) is 31.3. The smallest absolute Gasteiger partial charge is 0.410 e. The third-order valence-electron chi connectivity index (χ3n) is 16.8. The number of ether oxygens (including phenoxy) is 3. The van der Waals surface area contributed by atoms with Gasteiger partial charge < -0.3 is 24.0 Å². The lowest BCUT2D eigenvalue weighted by Crippen LogP contribution is -2.50. The van der Waals surface area contributed by atoms with Crippen LogP contribution >= 0.6 is 0 Å². The van der Waals surface area contributed by atoms with Crippen molar-refractivity contribution in [2.45, 2.75) is 114 Å². The average molecular weight is 1000 g/mol. The van der Waals surface area contributed by atoms with Crippen LogP contribution in [0.15, 0.2) is 140 Å². The Labute approximate surface area is 438 Å². The van der Waals surface area contributed by atoms with Gasteiger partial charge in [-0.3, -0.25) is 9.58 Å². The minimum atomic E-state index is -0.934. The number of nitrogens with zero attached hydrogens (tertiary/aromatic N) is 7. The van der Waals surface area contributed by atoms with Gasteiger partial charge in [0.2, 0.25) is 0 Å². The van der Waals surface area contributed by atoms with Crippen LogP contribution in [0.2, 0.25) is 0 Å². The summed E-state index contributed by atoms with van der Waals surface area (Å²) in [6, 6.07) is 45.7. The van der Waals surface area contributed by atoms with Crippen LogP contribution < -0.4 is 14.4 Å². The zero-order chi connectivity index (χ0) is 51.1. The fourth-order valence-electron chi connectivity index (χ4n) is 13.1. The van der Waals surface area contributed by atoms with Crippen molar-refractivity contribution in [1.29, 1.82) is 0 Å². The molecule has 1 amide bonds. The van der Waals surface area contributed by atoms with E-state index in [0.717, 1.165) is 114 Å². The first-order valence-corrected chi connectivity index (χ1v) is 27.0. The largest absolute Gasteiger partial charge is 0.486 e. The molecule has 8 aromatic rings. The maximum atomic E-state index is 17.3. The average Bonchev–Trinajstić information content (AvgIpc) is 3.77. The molecule has 4 aliphatic heterocycles. The molecule has 4 saturated heterocycles. The van der Waals surface area contributed by atoms with Crippen molar-refractivity contribution in [1.82, 2.24) is 29.5 Å². The molecule has 2 bridgehead atoms. The minimum Gasteiger partial charge on any atom is -0.486 e. The molecule has 2 atom stereocenters. The molecule has 2 aromatic heterocycles. The van der Waals surface area contributed by atoms with Crippen LogP contribution in [0, 0.1) is 12.7 Å². The van der Waals surface area contributed by atoms with Crippen LogP contribution in [0.25, 0.3) is 32.9 Å². The third-order valence-corrected chi connectivity index (χ3v) is 16.8. The molecule has 1 saturated carbocycles. The molecule has 11 nitrogen and oxygen atoms in total. The molecule has 75 heavy (non-hydrogen) atoms. The number of piperazine rings is 1. The number of anilines is 1. The Kier molecular flexibility index (Phi) is 11.7. The summed E-state index contributed by atoms with van der Waals surface area (Å²) in [7, 11) is 0. The highest BCUT2D eigenvalue weighted by molar-refractivity contribution is 6.06. The van der Waals surface area contributed by atoms with Crippen LogP contribution in [0.3, 0.4) is 0 Å². The van der Waals surface area contributed by atoms with Crippen LogP contribution in [0.4, 0.5) is 15.0 Å². The fourth-order valence-corrected chi connectivity index (χ4v) is 13.1. The Morgan fingerprint density at radius 3 is 1.96 bits per heavy atom. The second kappa shape index (κ2) is 18.5. The van der Waals surface area contributed by atoms with Crippen LogP contribution in [0.5, 0.6) is 11.8 Å². The number of fused-ring (bicyclic) bond motifs is 5. The first-order chi connectivity index (χ1) is 36.5. The summed E-state index contributed by atoms with van der Waals surface area (Å²) in [5.41, 5.74) is 6.72. The highest BCUT2D eigenvalue weighted by Gasteiger charge is 2.49. The van der Waals surface area contributed by atoms with Crippen LogP contribution in [-0.4, -0.2) is 91.7 Å². The molecule has 6 aromatic carbocycles. The van der Waals surface area contributed by atoms with E-state index < -0.39 is 11.1 Å². The minimum absolute atomic E-state index is 0.00000530. The van der Waals surface area contributed by atoms with Crippen LogP contribution in [0.1, 0.15) is 105 Å². The van der Waals surface area contributed by atoms with Gasteiger partial charge in [-0.25, -0.2) is 9.18 Å². The lowest BCUT2D eigenvalue weighted by molar-refractivity contribution is 0.0214. The van der Waals surface area contributed by atoms with Gasteiger partial charge in [0.15, 0.2) is 5.75 Å². The van der Waals surface area contributed by atoms with E-state index in [1.54, 1.807) is 6.07 Å². The number of benzene rings is 6. The zero-order valence-electron chi connectivity index (χ0n) is 43.3. The Morgan fingerprint density at radius 2 is 1.37 bits per heavy atom. The molecule has 6 heterocycles. The predicted octanol–water partition coefficient (Wildman–Crippen LogP) is 12.6. The van der Waals surface area contributed by atoms with E-state index in [9.17, 15) is 4.79 Å². The molecule has 0 N–H and O–H groups in total. The van der Waals surface area contributed by atoms with Gasteiger partial charge in [0.05, 0.1) is 23.1 Å². The highest BCUT2D eigenvalue weighted by Crippen LogP contribution is 2.54. The molecular formula is C63H64FN7O4. The topological polar surface area (TPSA) is 98.1 Å². The quantitative estimate of drug-likeness (QED) is 0.105. The maximum absolute atomic E-state index is 17.3. The Balaban J connectivity index is 1.05. The Morgan fingerprint density at radius 1 is 0.747 bits per heavy atom. The number of carbonyl (C=O) groups is 1. The maximum Gasteiger partial charge on any atom is 0.410 e. The molecule has 13 rings (SSSR count). The summed E-state index contributed by atoms with van der Waals surface area (Å²) >= 11 is 0. The van der Waals surface area contributed by atoms with E-state index in [0.29, 0.717) is 48.1 Å². The number of hydrogen-bond donors (Lipinski definition) is 0. The number of carbonyl (C=O) groups excluding carboxylic acids is 1. The number of rotatable bonds is 13. The summed E-state index contributed by atoms with van der Waals surface area (Å²) < 4.78 is 39.5. The summed E-state index contributed by atoms with van der Waals surface area (Å²) in [6.45, 7) is 11.6. The molecular weight excluding hydrogens is 938 g/mol. The number of amides is 1. The highest BCUT2D eigenvalue weighted by atomic mass is 19.1. The second-order valence-corrected chi connectivity index (χ2v) is 22.7. The lowest BCUT2D eigenvalue weighted by Gasteiger charge is -2.36. The summed E-state index contributed by atoms with van der Waals surface area (Å²) in [5.74, 6) is 1.17. The molecule has 382 valence electrons. The summed E-state index contributed by atoms with van der Waals surface area (Å²) in [5, 5.41) is 7.11. The molecule has 0 spiro atoms. The number of hydrogen-bond acceptors (Lipinski definition) is 9. The van der Waals surface area contributed by atoms with E-state index in [1.807, 2.05) is 73.7 Å².